The maximum Gasteiger partial charge on any atom is 0.168 e. The van der Waals surface area contributed by atoms with Crippen molar-refractivity contribution in [3.8, 4) is 125 Å². The number of hydrogen-bond donors (Lipinski definition) is 0. The third-order valence-corrected chi connectivity index (χ3v) is 19.6. The van der Waals surface area contributed by atoms with Gasteiger partial charge in [-0.1, -0.05) is 303 Å². The molecule has 0 atom stereocenters. The van der Waals surface area contributed by atoms with Gasteiger partial charge in [-0.15, -0.1) is 30.6 Å². The average Bonchev–Trinajstić information content (AvgIpc) is 1.55. The standard InChI is InChI=1S/C47H32N6.C46H31N7/c1-5-18-33(19-6-1)43-32-48-45(34-20-7-2-8-21-34)52(43)41-30-17-31-42(44(41)51-39-28-15-13-26-37(39)38-27-14-16-29-40(38)51)53-46(35-22-9-3-10-23-35)49-50-47(53)36-24-11-4-12-25-36;1-6-16-32(17-7-1)43-47-48-44(33-18-8-2-9-19-33)52(43)37-26-28-41-39(30-37)40-31-38(27-29-42(40)51(41)36-24-14-5-15-25-36)53-45(34-20-10-3-11-21-34)49-50-46(53)35-22-12-4-13-23-35/h1-32H;1-31H. The maximum absolute atomic E-state index is 5.13. The summed E-state index contributed by atoms with van der Waals surface area (Å²) in [4.78, 5) is 5.13. The Bertz CT molecular complexity index is 5930. The Hall–Kier alpha value is -14.7. The molecule has 0 bridgehead atoms. The van der Waals surface area contributed by atoms with Crippen molar-refractivity contribution < 1.29 is 0 Å². The molecule has 14 aromatic carbocycles. The minimum absolute atomic E-state index is 0.751. The van der Waals surface area contributed by atoms with Crippen molar-refractivity contribution in [3.05, 3.63) is 382 Å². The summed E-state index contributed by atoms with van der Waals surface area (Å²) >= 11 is 0. The first-order chi connectivity index (χ1) is 52.7. The number of benzene rings is 14. The van der Waals surface area contributed by atoms with Crippen LogP contribution in [-0.2, 0) is 0 Å². The fourth-order valence-electron chi connectivity index (χ4n) is 14.8. The fraction of sp³-hybridized carbons (Fsp3) is 0. The normalized spacial score (nSPS) is 11.4. The highest BCUT2D eigenvalue weighted by Gasteiger charge is 2.29. The molecule has 0 radical (unpaired) electrons. The maximum atomic E-state index is 5.13. The van der Waals surface area contributed by atoms with Gasteiger partial charge < -0.3 is 9.13 Å². The van der Waals surface area contributed by atoms with Crippen LogP contribution < -0.4 is 0 Å². The van der Waals surface area contributed by atoms with E-state index in [1.165, 1.54) is 10.8 Å². The third kappa shape index (κ3) is 11.0. The first-order valence-corrected chi connectivity index (χ1v) is 35.3. The van der Waals surface area contributed by atoms with Crippen LogP contribution in [0, 0.1) is 0 Å². The van der Waals surface area contributed by atoms with Gasteiger partial charge in [0.1, 0.15) is 5.82 Å². The van der Waals surface area contributed by atoms with E-state index < -0.39 is 0 Å². The lowest BCUT2D eigenvalue weighted by atomic mass is 10.1. The molecule has 0 saturated carbocycles. The van der Waals surface area contributed by atoms with E-state index in [2.05, 4.69) is 288 Å². The average molecular weight is 1360 g/mol. The van der Waals surface area contributed by atoms with Gasteiger partial charge in [0.2, 0.25) is 0 Å². The van der Waals surface area contributed by atoms with Crippen molar-refractivity contribution in [1.82, 2.24) is 63.0 Å². The minimum Gasteiger partial charge on any atom is -0.309 e. The van der Waals surface area contributed by atoms with Gasteiger partial charge in [0.05, 0.1) is 62.4 Å². The highest BCUT2D eigenvalue weighted by Crippen LogP contribution is 2.44. The van der Waals surface area contributed by atoms with Gasteiger partial charge in [-0.3, -0.25) is 18.3 Å². The van der Waals surface area contributed by atoms with Crippen molar-refractivity contribution in [1.29, 1.82) is 0 Å². The molecular formula is C93H63N13. The van der Waals surface area contributed by atoms with Crippen LogP contribution in [0.4, 0.5) is 0 Å². The molecule has 20 aromatic rings. The first kappa shape index (κ1) is 62.3. The molecule has 13 nitrogen and oxygen atoms in total. The zero-order chi connectivity index (χ0) is 70.3. The molecule has 6 aromatic heterocycles. The van der Waals surface area contributed by atoms with E-state index in [9.17, 15) is 0 Å². The number of para-hydroxylation sites is 4. The van der Waals surface area contributed by atoms with Crippen molar-refractivity contribution in [3.63, 3.8) is 0 Å². The Morgan fingerprint density at radius 1 is 0.179 bits per heavy atom. The van der Waals surface area contributed by atoms with E-state index >= 15 is 0 Å². The van der Waals surface area contributed by atoms with E-state index in [4.69, 9.17) is 35.6 Å². The molecule has 0 spiro atoms. The van der Waals surface area contributed by atoms with Gasteiger partial charge in [0.25, 0.3) is 0 Å². The van der Waals surface area contributed by atoms with Crippen LogP contribution >= 0.6 is 0 Å². The highest BCUT2D eigenvalue weighted by atomic mass is 15.3. The van der Waals surface area contributed by atoms with Gasteiger partial charge in [0, 0.05) is 71.7 Å². The van der Waals surface area contributed by atoms with Crippen molar-refractivity contribution in [2.75, 3.05) is 0 Å². The lowest BCUT2D eigenvalue weighted by molar-refractivity contribution is 0.991. The molecule has 0 unspecified atom stereocenters. The predicted octanol–water partition coefficient (Wildman–Crippen LogP) is 21.8. The molecule has 0 aliphatic heterocycles. The Morgan fingerprint density at radius 3 is 0.840 bits per heavy atom. The molecule has 106 heavy (non-hydrogen) atoms. The van der Waals surface area contributed by atoms with Crippen molar-refractivity contribution in [2.24, 2.45) is 0 Å². The summed E-state index contributed by atoms with van der Waals surface area (Å²) in [6.45, 7) is 0. The predicted molar refractivity (Wildman–Crippen MR) is 427 cm³/mol. The highest BCUT2D eigenvalue weighted by molar-refractivity contribution is 6.12. The van der Waals surface area contributed by atoms with Crippen molar-refractivity contribution >= 4 is 43.6 Å². The molecule has 500 valence electrons. The van der Waals surface area contributed by atoms with Gasteiger partial charge in [0.15, 0.2) is 34.9 Å². The number of aromatic nitrogens is 13. The van der Waals surface area contributed by atoms with E-state index in [1.54, 1.807) is 0 Å². The smallest absolute Gasteiger partial charge is 0.168 e. The number of imidazole rings is 1. The van der Waals surface area contributed by atoms with E-state index in [0.717, 1.165) is 158 Å². The van der Waals surface area contributed by atoms with Crippen molar-refractivity contribution in [2.45, 2.75) is 0 Å². The van der Waals surface area contributed by atoms with Crippen LogP contribution in [0.1, 0.15) is 0 Å². The van der Waals surface area contributed by atoms with E-state index in [-0.39, 0.29) is 0 Å². The molecule has 0 fully saturated rings. The second-order valence-corrected chi connectivity index (χ2v) is 25.9. The summed E-state index contributed by atoms with van der Waals surface area (Å²) in [6.07, 6.45) is 1.99. The van der Waals surface area contributed by atoms with Crippen LogP contribution in [0.15, 0.2) is 382 Å². The fourth-order valence-corrected chi connectivity index (χ4v) is 14.8. The molecular weight excluding hydrogens is 1300 g/mol. The van der Waals surface area contributed by atoms with Crippen LogP contribution in [0.25, 0.3) is 169 Å². The third-order valence-electron chi connectivity index (χ3n) is 19.6. The summed E-state index contributed by atoms with van der Waals surface area (Å²) in [5, 5.41) is 33.3. The molecule has 0 amide bonds. The molecule has 0 saturated heterocycles. The Balaban J connectivity index is 0.000000145. The summed E-state index contributed by atoms with van der Waals surface area (Å²) in [5.41, 5.74) is 19.3. The molecule has 6 heterocycles. The second-order valence-electron chi connectivity index (χ2n) is 25.9. The monoisotopic (exact) mass is 1360 g/mol. The van der Waals surface area contributed by atoms with E-state index in [0.29, 0.717) is 0 Å². The SMILES string of the molecule is c1ccc(-c2cnc(-c3ccccc3)n2-c2cccc(-n3c(-c4ccccc4)nnc3-c3ccccc3)c2-n2c3ccccc3c3ccccc32)cc1.c1ccc(-c2nnc(-c3ccccc3)n2-c2ccc3c(c2)c2cc(-n4c(-c5ccccc5)nnc4-c4ccccc4)ccc2n3-c2ccccc2)cc1. The Kier molecular flexibility index (Phi) is 15.9. The van der Waals surface area contributed by atoms with Crippen LogP contribution in [0.5, 0.6) is 0 Å². The summed E-state index contributed by atoms with van der Waals surface area (Å²) in [6, 6.07) is 130. The summed E-state index contributed by atoms with van der Waals surface area (Å²) < 4.78 is 13.6. The molecule has 0 aliphatic rings. The minimum atomic E-state index is 0.751. The topological polar surface area (TPSA) is 120 Å². The van der Waals surface area contributed by atoms with Gasteiger partial charge in [-0.05, 0) is 72.8 Å². The number of fused-ring (bicyclic) bond motifs is 6. The Labute approximate surface area is 610 Å². The van der Waals surface area contributed by atoms with Crippen LogP contribution in [-0.4, -0.2) is 63.0 Å². The summed E-state index contributed by atoms with van der Waals surface area (Å²) in [5.74, 6) is 5.46. The second kappa shape index (κ2) is 27.0. The van der Waals surface area contributed by atoms with Gasteiger partial charge in [-0.2, -0.15) is 0 Å². The largest absolute Gasteiger partial charge is 0.309 e. The number of nitrogens with zero attached hydrogens (tertiary/aromatic N) is 13. The molecule has 0 N–H and O–H groups in total. The summed E-state index contributed by atoms with van der Waals surface area (Å²) in [7, 11) is 0. The lowest BCUT2D eigenvalue weighted by Crippen LogP contribution is -2.12. The molecule has 13 heteroatoms. The first-order valence-electron chi connectivity index (χ1n) is 35.3. The molecule has 0 aliphatic carbocycles. The zero-order valence-corrected chi connectivity index (χ0v) is 57.2. The molecule has 20 rings (SSSR count). The van der Waals surface area contributed by atoms with Gasteiger partial charge >= 0.3 is 0 Å². The Morgan fingerprint density at radius 2 is 0.472 bits per heavy atom. The van der Waals surface area contributed by atoms with Crippen LogP contribution in [0.2, 0.25) is 0 Å². The lowest BCUT2D eigenvalue weighted by Gasteiger charge is -2.23. The van der Waals surface area contributed by atoms with Gasteiger partial charge in [-0.25, -0.2) is 4.98 Å². The van der Waals surface area contributed by atoms with Crippen LogP contribution in [0.3, 0.4) is 0 Å². The number of hydrogen-bond acceptors (Lipinski definition) is 7. The quantitative estimate of drug-likeness (QED) is 0.106. The zero-order valence-electron chi connectivity index (χ0n) is 57.2. The van der Waals surface area contributed by atoms with E-state index in [1.807, 2.05) is 121 Å². The number of rotatable bonds is 14.